The zero-order valence-corrected chi connectivity index (χ0v) is 8.28. The molecule has 0 amide bonds. The summed E-state index contributed by atoms with van der Waals surface area (Å²) in [4.78, 5) is 0.907. The fourth-order valence-electron chi connectivity index (χ4n) is 0.934. The highest BCUT2D eigenvalue weighted by Crippen LogP contribution is 2.29. The smallest absolute Gasteiger partial charge is 0.0382 e. The van der Waals surface area contributed by atoms with Crippen LogP contribution in [0.4, 0.5) is 0 Å². The molecule has 0 N–H and O–H groups in total. The first-order valence-corrected chi connectivity index (χ1v) is 4.39. The first kappa shape index (κ1) is 8.95. The molecule has 0 aromatic carbocycles. The molecule has 0 fully saturated rings. The summed E-state index contributed by atoms with van der Waals surface area (Å²) >= 11 is 10.3. The van der Waals surface area contributed by atoms with Crippen LogP contribution in [-0.2, 0) is 0 Å². The lowest BCUT2D eigenvalue weighted by Crippen LogP contribution is -1.90. The van der Waals surface area contributed by atoms with E-state index in [0.717, 1.165) is 15.5 Å². The molecule has 0 aromatic rings. The lowest BCUT2D eigenvalue weighted by Gasteiger charge is -2.06. The van der Waals surface area contributed by atoms with Crippen molar-refractivity contribution in [3.63, 3.8) is 0 Å². The number of halogens is 1. The Hall–Kier alpha value is -0.140. The largest absolute Gasteiger partial charge is 0.142 e. The van der Waals surface area contributed by atoms with Gasteiger partial charge in [0, 0.05) is 15.9 Å². The molecule has 2 heteroatoms. The van der Waals surface area contributed by atoms with Gasteiger partial charge in [0.2, 0.25) is 0 Å². The number of hydrogen-bond acceptors (Lipinski definition) is 1. The topological polar surface area (TPSA) is 0 Å². The maximum Gasteiger partial charge on any atom is 0.0382 e. The van der Waals surface area contributed by atoms with E-state index in [9.17, 15) is 0 Å². The van der Waals surface area contributed by atoms with Crippen molar-refractivity contribution >= 4 is 24.2 Å². The standard InChI is InChI=1S/C9H11ClS/c1-6-4-3-5-7(2)9(11)8(6)10/h3-6,11H,1-2H3/t6-/m1/s1. The van der Waals surface area contributed by atoms with E-state index in [1.807, 2.05) is 19.1 Å². The molecule has 1 aliphatic rings. The van der Waals surface area contributed by atoms with Crippen LogP contribution in [0.5, 0.6) is 0 Å². The summed E-state index contributed by atoms with van der Waals surface area (Å²) in [6, 6.07) is 0. The van der Waals surface area contributed by atoms with Crippen LogP contribution in [0.3, 0.4) is 0 Å². The molecule has 0 nitrogen and oxygen atoms in total. The van der Waals surface area contributed by atoms with Gasteiger partial charge in [-0.1, -0.05) is 36.8 Å². The molecular formula is C9H11ClS. The molecular weight excluding hydrogens is 176 g/mol. The average Bonchev–Trinajstić information content (AvgIpc) is 2.07. The van der Waals surface area contributed by atoms with E-state index in [-0.39, 0.29) is 5.92 Å². The summed E-state index contributed by atoms with van der Waals surface area (Å²) in [5, 5.41) is 0.829. The van der Waals surface area contributed by atoms with Gasteiger partial charge in [0.25, 0.3) is 0 Å². The molecule has 0 radical (unpaired) electrons. The van der Waals surface area contributed by atoms with Gasteiger partial charge in [0.1, 0.15) is 0 Å². The first-order chi connectivity index (χ1) is 5.13. The molecule has 1 rings (SSSR count). The third-order valence-electron chi connectivity index (χ3n) is 1.75. The minimum Gasteiger partial charge on any atom is -0.142 e. The van der Waals surface area contributed by atoms with Gasteiger partial charge in [0.05, 0.1) is 0 Å². The molecule has 1 atom stereocenters. The highest BCUT2D eigenvalue weighted by Gasteiger charge is 2.09. The average molecular weight is 187 g/mol. The molecule has 60 valence electrons. The van der Waals surface area contributed by atoms with Gasteiger partial charge in [-0.2, -0.15) is 0 Å². The third kappa shape index (κ3) is 1.91. The van der Waals surface area contributed by atoms with Gasteiger partial charge in [0.15, 0.2) is 0 Å². The third-order valence-corrected chi connectivity index (χ3v) is 3.00. The van der Waals surface area contributed by atoms with Crippen LogP contribution in [0, 0.1) is 5.92 Å². The number of hydrogen-bond donors (Lipinski definition) is 1. The minimum absolute atomic E-state index is 0.290. The maximum absolute atomic E-state index is 6.03. The molecule has 0 saturated heterocycles. The number of allylic oxidation sites excluding steroid dienone is 5. The first-order valence-electron chi connectivity index (χ1n) is 3.57. The minimum atomic E-state index is 0.290. The number of rotatable bonds is 0. The number of thiol groups is 1. The predicted octanol–water partition coefficient (Wildman–Crippen LogP) is 3.52. The van der Waals surface area contributed by atoms with Crippen LogP contribution in [0.2, 0.25) is 0 Å². The van der Waals surface area contributed by atoms with E-state index in [0.29, 0.717) is 0 Å². The van der Waals surface area contributed by atoms with Crippen LogP contribution >= 0.6 is 24.2 Å². The monoisotopic (exact) mass is 186 g/mol. The predicted molar refractivity (Wildman–Crippen MR) is 53.9 cm³/mol. The molecule has 0 bridgehead atoms. The highest BCUT2D eigenvalue weighted by atomic mass is 35.5. The molecule has 0 heterocycles. The molecule has 0 spiro atoms. The van der Waals surface area contributed by atoms with E-state index < -0.39 is 0 Å². The normalized spacial score (nSPS) is 25.1. The quantitative estimate of drug-likeness (QED) is 0.550. The maximum atomic E-state index is 6.03. The Balaban J connectivity index is 3.08. The van der Waals surface area contributed by atoms with Crippen molar-refractivity contribution in [2.45, 2.75) is 13.8 Å². The summed E-state index contributed by atoms with van der Waals surface area (Å²) in [6.45, 7) is 4.06. The van der Waals surface area contributed by atoms with E-state index in [4.69, 9.17) is 11.6 Å². The Morgan fingerprint density at radius 1 is 1.55 bits per heavy atom. The van der Waals surface area contributed by atoms with Gasteiger partial charge < -0.3 is 0 Å². The summed E-state index contributed by atoms with van der Waals surface area (Å²) in [6.07, 6.45) is 6.11. The van der Waals surface area contributed by atoms with Crippen LogP contribution in [0.25, 0.3) is 0 Å². The van der Waals surface area contributed by atoms with Crippen LogP contribution in [-0.4, -0.2) is 0 Å². The molecule has 1 aliphatic carbocycles. The Morgan fingerprint density at radius 2 is 2.18 bits per heavy atom. The Labute approximate surface area is 78.0 Å². The van der Waals surface area contributed by atoms with Crippen molar-refractivity contribution in [1.29, 1.82) is 0 Å². The van der Waals surface area contributed by atoms with Gasteiger partial charge in [-0.15, -0.1) is 12.6 Å². The highest BCUT2D eigenvalue weighted by molar-refractivity contribution is 7.84. The molecule has 11 heavy (non-hydrogen) atoms. The van der Waals surface area contributed by atoms with Gasteiger partial charge in [-0.05, 0) is 12.5 Å². The summed E-state index contributed by atoms with van der Waals surface area (Å²) in [7, 11) is 0. The van der Waals surface area contributed by atoms with Crippen molar-refractivity contribution in [3.05, 3.63) is 33.7 Å². The summed E-state index contributed by atoms with van der Waals surface area (Å²) in [5.74, 6) is 0.290. The lowest BCUT2D eigenvalue weighted by molar-refractivity contribution is 0.918. The van der Waals surface area contributed by atoms with Crippen molar-refractivity contribution < 1.29 is 0 Å². The SMILES string of the molecule is CC1=CC=C[C@@H](C)C(Cl)=C1S. The van der Waals surface area contributed by atoms with Crippen molar-refractivity contribution in [2.24, 2.45) is 5.92 Å². The van der Waals surface area contributed by atoms with Crippen molar-refractivity contribution in [2.75, 3.05) is 0 Å². The van der Waals surface area contributed by atoms with E-state index in [2.05, 4.69) is 25.6 Å². The van der Waals surface area contributed by atoms with Crippen LogP contribution < -0.4 is 0 Å². The van der Waals surface area contributed by atoms with Gasteiger partial charge in [-0.25, -0.2) is 0 Å². The van der Waals surface area contributed by atoms with Gasteiger partial charge in [-0.3, -0.25) is 0 Å². The van der Waals surface area contributed by atoms with Crippen molar-refractivity contribution in [1.82, 2.24) is 0 Å². The Morgan fingerprint density at radius 3 is 2.82 bits per heavy atom. The summed E-state index contributed by atoms with van der Waals surface area (Å²) in [5.41, 5.74) is 1.12. The molecule has 0 unspecified atom stereocenters. The second-order valence-corrected chi connectivity index (χ2v) is 3.57. The summed E-state index contributed by atoms with van der Waals surface area (Å²) < 4.78 is 0. The van der Waals surface area contributed by atoms with Gasteiger partial charge >= 0.3 is 0 Å². The van der Waals surface area contributed by atoms with Crippen molar-refractivity contribution in [3.8, 4) is 0 Å². The Bertz CT molecular complexity index is 248. The van der Waals surface area contributed by atoms with Crippen LogP contribution in [0.15, 0.2) is 33.7 Å². The van der Waals surface area contributed by atoms with E-state index >= 15 is 0 Å². The molecule has 0 aliphatic heterocycles. The fraction of sp³-hybridized carbons (Fsp3) is 0.333. The second kappa shape index (κ2) is 3.51. The second-order valence-electron chi connectivity index (χ2n) is 2.72. The zero-order valence-electron chi connectivity index (χ0n) is 6.63. The van der Waals surface area contributed by atoms with E-state index in [1.165, 1.54) is 0 Å². The fourth-order valence-corrected chi connectivity index (χ4v) is 1.43. The zero-order chi connectivity index (χ0) is 8.43. The molecule has 0 aromatic heterocycles. The Kier molecular flexibility index (Phi) is 2.85. The van der Waals surface area contributed by atoms with E-state index in [1.54, 1.807) is 0 Å². The molecule has 0 saturated carbocycles. The lowest BCUT2D eigenvalue weighted by atomic mass is 10.1. The van der Waals surface area contributed by atoms with Crippen LogP contribution in [0.1, 0.15) is 13.8 Å².